The van der Waals surface area contributed by atoms with Crippen molar-refractivity contribution in [2.75, 3.05) is 0 Å². The molecule has 4 atom stereocenters. The Labute approximate surface area is 77.6 Å². The third-order valence-electron chi connectivity index (χ3n) is 2.60. The zero-order chi connectivity index (χ0) is 8.72. The van der Waals surface area contributed by atoms with Crippen LogP contribution in [0.5, 0.6) is 0 Å². The molecule has 2 aliphatic rings. The fraction of sp³-hybridized carbons (Fsp3) is 0.750. The van der Waals surface area contributed by atoms with Gasteiger partial charge in [0.25, 0.3) is 0 Å². The molecule has 0 aromatic carbocycles. The zero-order valence-electron chi connectivity index (χ0n) is 6.92. The third-order valence-corrected chi connectivity index (χ3v) is 3.06. The van der Waals surface area contributed by atoms with Crippen molar-refractivity contribution in [1.29, 1.82) is 0 Å². The SMILES string of the molecule is CCC1C=CC2C1OC(O)N2S. The molecule has 0 amide bonds. The second-order valence-corrected chi connectivity index (χ2v) is 3.72. The third kappa shape index (κ3) is 1.10. The Kier molecular flexibility index (Phi) is 2.16. The number of thiol groups is 1. The first-order valence-corrected chi connectivity index (χ1v) is 4.63. The van der Waals surface area contributed by atoms with E-state index in [1.165, 1.54) is 0 Å². The van der Waals surface area contributed by atoms with E-state index < -0.39 is 6.41 Å². The van der Waals surface area contributed by atoms with E-state index in [9.17, 15) is 5.11 Å². The number of rotatable bonds is 1. The highest BCUT2D eigenvalue weighted by Crippen LogP contribution is 2.35. The van der Waals surface area contributed by atoms with Crippen molar-refractivity contribution in [2.45, 2.75) is 31.9 Å². The van der Waals surface area contributed by atoms with Crippen LogP contribution in [0.15, 0.2) is 12.2 Å². The highest BCUT2D eigenvalue weighted by atomic mass is 32.1. The fourth-order valence-corrected chi connectivity index (χ4v) is 2.13. The molecule has 68 valence electrons. The lowest BCUT2D eigenvalue weighted by Crippen LogP contribution is -2.28. The Balaban J connectivity index is 2.13. The molecule has 2 rings (SSSR count). The summed E-state index contributed by atoms with van der Waals surface area (Å²) in [6.45, 7) is 2.12. The first kappa shape index (κ1) is 8.56. The number of fused-ring (bicyclic) bond motifs is 1. The van der Waals surface area contributed by atoms with Gasteiger partial charge < -0.3 is 9.84 Å². The summed E-state index contributed by atoms with van der Waals surface area (Å²) in [4.78, 5) is 0. The minimum absolute atomic E-state index is 0.0995. The first-order valence-electron chi connectivity index (χ1n) is 4.23. The summed E-state index contributed by atoms with van der Waals surface area (Å²) in [5.41, 5.74) is 0. The molecule has 1 aliphatic heterocycles. The van der Waals surface area contributed by atoms with Crippen LogP contribution in [0.25, 0.3) is 0 Å². The molecule has 1 aliphatic carbocycles. The summed E-state index contributed by atoms with van der Waals surface area (Å²) >= 11 is 4.15. The van der Waals surface area contributed by atoms with E-state index in [1.807, 2.05) is 0 Å². The fourth-order valence-electron chi connectivity index (χ4n) is 1.87. The standard InChI is InChI=1S/C8H13NO2S/c1-2-5-3-4-6-7(5)11-8(10)9(6)12/h3-8,10,12H,2H2,1H3. The largest absolute Gasteiger partial charge is 0.355 e. The number of hydrogen-bond donors (Lipinski definition) is 2. The highest BCUT2D eigenvalue weighted by molar-refractivity contribution is 7.77. The van der Waals surface area contributed by atoms with E-state index in [4.69, 9.17) is 4.74 Å². The van der Waals surface area contributed by atoms with Crippen molar-refractivity contribution >= 4 is 12.8 Å². The summed E-state index contributed by atoms with van der Waals surface area (Å²) < 4.78 is 6.90. The molecule has 4 unspecified atom stereocenters. The van der Waals surface area contributed by atoms with Crippen LogP contribution in [-0.2, 0) is 4.74 Å². The summed E-state index contributed by atoms with van der Waals surface area (Å²) in [5.74, 6) is 0.432. The minimum atomic E-state index is -0.845. The van der Waals surface area contributed by atoms with Crippen LogP contribution < -0.4 is 0 Å². The Hall–Kier alpha value is -0.0300. The Morgan fingerprint density at radius 1 is 1.58 bits per heavy atom. The average molecular weight is 187 g/mol. The lowest BCUT2D eigenvalue weighted by Gasteiger charge is -2.15. The lowest BCUT2D eigenvalue weighted by molar-refractivity contribution is -0.131. The van der Waals surface area contributed by atoms with Crippen molar-refractivity contribution in [1.82, 2.24) is 4.31 Å². The van der Waals surface area contributed by atoms with Gasteiger partial charge in [-0.15, -0.1) is 0 Å². The normalized spacial score (nSPS) is 46.9. The zero-order valence-corrected chi connectivity index (χ0v) is 7.82. The number of hydrogen-bond acceptors (Lipinski definition) is 4. The van der Waals surface area contributed by atoms with Gasteiger partial charge >= 0.3 is 0 Å². The van der Waals surface area contributed by atoms with E-state index in [-0.39, 0.29) is 12.1 Å². The molecule has 3 nitrogen and oxygen atoms in total. The summed E-state index contributed by atoms with van der Waals surface area (Å²) in [6.07, 6.45) is 4.50. The van der Waals surface area contributed by atoms with Crippen molar-refractivity contribution in [3.05, 3.63) is 12.2 Å². The van der Waals surface area contributed by atoms with E-state index in [2.05, 4.69) is 31.9 Å². The van der Waals surface area contributed by atoms with Gasteiger partial charge in [0, 0.05) is 5.92 Å². The second-order valence-electron chi connectivity index (χ2n) is 3.25. The molecule has 12 heavy (non-hydrogen) atoms. The maximum atomic E-state index is 9.31. The number of aliphatic hydroxyl groups excluding tert-OH is 1. The maximum Gasteiger partial charge on any atom is 0.226 e. The van der Waals surface area contributed by atoms with E-state index in [0.29, 0.717) is 5.92 Å². The summed E-state index contributed by atoms with van der Waals surface area (Å²) in [6, 6.07) is 0.147. The van der Waals surface area contributed by atoms with Crippen molar-refractivity contribution < 1.29 is 9.84 Å². The Bertz CT molecular complexity index is 209. The van der Waals surface area contributed by atoms with Crippen molar-refractivity contribution in [3.8, 4) is 0 Å². The minimum Gasteiger partial charge on any atom is -0.355 e. The number of nitrogens with zero attached hydrogens (tertiary/aromatic N) is 1. The number of aliphatic hydroxyl groups is 1. The van der Waals surface area contributed by atoms with Crippen LogP contribution in [0.4, 0.5) is 0 Å². The van der Waals surface area contributed by atoms with Gasteiger partial charge in [-0.1, -0.05) is 31.9 Å². The topological polar surface area (TPSA) is 32.7 Å². The van der Waals surface area contributed by atoms with Gasteiger partial charge in [0.1, 0.15) is 0 Å². The van der Waals surface area contributed by atoms with Gasteiger partial charge in [0.15, 0.2) is 0 Å². The molecule has 0 spiro atoms. The van der Waals surface area contributed by atoms with Crippen LogP contribution in [-0.4, -0.2) is 28.0 Å². The van der Waals surface area contributed by atoms with E-state index in [0.717, 1.165) is 6.42 Å². The molecular weight excluding hydrogens is 174 g/mol. The predicted molar refractivity (Wildman–Crippen MR) is 48.4 cm³/mol. The summed E-state index contributed by atoms with van der Waals surface area (Å²) in [7, 11) is 0. The number of ether oxygens (including phenoxy) is 1. The predicted octanol–water partition coefficient (Wildman–Crippen LogP) is 0.772. The second kappa shape index (κ2) is 3.03. The molecule has 1 saturated heterocycles. The van der Waals surface area contributed by atoms with Gasteiger partial charge in [-0.3, -0.25) is 0 Å². The van der Waals surface area contributed by atoms with Crippen molar-refractivity contribution in [3.63, 3.8) is 0 Å². The van der Waals surface area contributed by atoms with E-state index >= 15 is 0 Å². The monoisotopic (exact) mass is 187 g/mol. The smallest absolute Gasteiger partial charge is 0.226 e. The molecule has 0 bridgehead atoms. The molecule has 0 saturated carbocycles. The van der Waals surface area contributed by atoms with Crippen LogP contribution in [0.1, 0.15) is 13.3 Å². The van der Waals surface area contributed by atoms with Gasteiger partial charge in [0.2, 0.25) is 6.41 Å². The molecular formula is C8H13NO2S. The molecule has 1 N–H and O–H groups in total. The molecule has 1 heterocycles. The Morgan fingerprint density at radius 3 is 3.00 bits per heavy atom. The van der Waals surface area contributed by atoms with Gasteiger partial charge in [-0.2, -0.15) is 4.31 Å². The van der Waals surface area contributed by atoms with Crippen LogP contribution in [0.3, 0.4) is 0 Å². The average Bonchev–Trinajstić information content (AvgIpc) is 2.55. The molecule has 1 fully saturated rings. The highest BCUT2D eigenvalue weighted by Gasteiger charge is 2.44. The van der Waals surface area contributed by atoms with Crippen molar-refractivity contribution in [2.24, 2.45) is 5.92 Å². The molecule has 0 aromatic rings. The van der Waals surface area contributed by atoms with Gasteiger partial charge in [-0.05, 0) is 6.42 Å². The molecule has 4 heteroatoms. The quantitative estimate of drug-likeness (QED) is 0.470. The van der Waals surface area contributed by atoms with Crippen LogP contribution >= 0.6 is 12.8 Å². The first-order chi connectivity index (χ1) is 5.74. The molecule has 0 radical (unpaired) electrons. The van der Waals surface area contributed by atoms with Crippen LogP contribution in [0.2, 0.25) is 0 Å². The Morgan fingerprint density at radius 2 is 2.33 bits per heavy atom. The maximum absolute atomic E-state index is 9.31. The van der Waals surface area contributed by atoms with Gasteiger partial charge in [-0.25, -0.2) is 0 Å². The summed E-state index contributed by atoms with van der Waals surface area (Å²) in [5, 5.41) is 9.31. The van der Waals surface area contributed by atoms with E-state index in [1.54, 1.807) is 4.31 Å². The lowest BCUT2D eigenvalue weighted by atomic mass is 10.0. The van der Waals surface area contributed by atoms with Gasteiger partial charge in [0.05, 0.1) is 12.1 Å². The molecule has 0 aromatic heterocycles. The van der Waals surface area contributed by atoms with Crippen LogP contribution in [0, 0.1) is 5.92 Å².